The summed E-state index contributed by atoms with van der Waals surface area (Å²) < 4.78 is 13.0. The molecule has 7 atom stereocenters. The summed E-state index contributed by atoms with van der Waals surface area (Å²) >= 11 is 6.70. The van der Waals surface area contributed by atoms with E-state index < -0.39 is 66.1 Å². The molecule has 2 fully saturated rings. The van der Waals surface area contributed by atoms with Crippen molar-refractivity contribution in [2.75, 3.05) is 24.6 Å². The number of ether oxygens (including phenoxy) is 2. The van der Waals surface area contributed by atoms with Crippen molar-refractivity contribution in [2.24, 2.45) is 11.8 Å². The van der Waals surface area contributed by atoms with Crippen LogP contribution in [0, 0.1) is 18.8 Å². The molecule has 0 aliphatic carbocycles. The van der Waals surface area contributed by atoms with Gasteiger partial charge in [-0.15, -0.1) is 0 Å². The van der Waals surface area contributed by atoms with Crippen molar-refractivity contribution in [2.45, 2.75) is 49.7 Å². The fourth-order valence-electron chi connectivity index (χ4n) is 7.88. The second-order valence-electron chi connectivity index (χ2n) is 13.1. The molecule has 258 valence electrons. The normalized spacial score (nSPS) is 29.5. The third kappa shape index (κ3) is 5.81. The number of amides is 3. The fourth-order valence-corrected chi connectivity index (χ4v) is 8.20. The molecule has 11 heteroatoms. The molecule has 3 aromatic rings. The molecule has 0 bridgehead atoms. The molecule has 7 rings (SSSR count). The van der Waals surface area contributed by atoms with E-state index in [1.54, 1.807) is 65.6 Å². The molecule has 3 amide bonds. The first-order valence-electron chi connectivity index (χ1n) is 16.8. The second-order valence-corrected chi connectivity index (χ2v) is 13.5. The van der Waals surface area contributed by atoms with Gasteiger partial charge in [-0.1, -0.05) is 109 Å². The maximum atomic E-state index is 15.1. The van der Waals surface area contributed by atoms with E-state index in [9.17, 15) is 14.7 Å². The van der Waals surface area contributed by atoms with Gasteiger partial charge in [-0.3, -0.25) is 19.2 Å². The van der Waals surface area contributed by atoms with Crippen molar-refractivity contribution in [3.63, 3.8) is 0 Å². The molecule has 4 aliphatic rings. The van der Waals surface area contributed by atoms with E-state index in [-0.39, 0.29) is 25.4 Å². The number of fused-ring (bicyclic) bond motifs is 2. The van der Waals surface area contributed by atoms with E-state index in [0.717, 1.165) is 5.56 Å². The molecule has 4 aliphatic heterocycles. The Bertz CT molecular complexity index is 1830. The van der Waals surface area contributed by atoms with Crippen molar-refractivity contribution in [3.05, 3.63) is 125 Å². The summed E-state index contributed by atoms with van der Waals surface area (Å²) in [5, 5.41) is 14.1. The van der Waals surface area contributed by atoms with Gasteiger partial charge < -0.3 is 29.7 Å². The van der Waals surface area contributed by atoms with Crippen LogP contribution in [0.5, 0.6) is 0 Å². The number of allylic oxidation sites excluding steroid dienone is 1. The molecule has 4 heterocycles. The smallest absolute Gasteiger partial charge is 0.313 e. The number of esters is 1. The first-order chi connectivity index (χ1) is 24.2. The number of carbonyl (C=O) groups excluding carboxylic acids is 4. The number of cyclic esters (lactones) is 1. The zero-order valence-corrected chi connectivity index (χ0v) is 28.2. The van der Waals surface area contributed by atoms with E-state index >= 15 is 9.59 Å². The largest absolute Gasteiger partial charge is 0.455 e. The second kappa shape index (κ2) is 13.9. The lowest BCUT2D eigenvalue weighted by molar-refractivity contribution is -0.160. The lowest BCUT2D eigenvalue weighted by Gasteiger charge is -2.39. The highest BCUT2D eigenvalue weighted by Crippen LogP contribution is 2.55. The summed E-state index contributed by atoms with van der Waals surface area (Å²) in [4.78, 5) is 60.2. The van der Waals surface area contributed by atoms with Gasteiger partial charge in [0.25, 0.3) is 5.91 Å². The number of rotatable bonds is 5. The molecular weight excluding hydrogens is 658 g/mol. The van der Waals surface area contributed by atoms with Crippen LogP contribution in [-0.2, 0) is 28.7 Å². The Morgan fingerprint density at radius 1 is 0.960 bits per heavy atom. The Morgan fingerprint density at radius 3 is 2.42 bits per heavy atom. The summed E-state index contributed by atoms with van der Waals surface area (Å²) in [7, 11) is 0. The molecule has 0 unspecified atom stereocenters. The Balaban J connectivity index is 1.37. The van der Waals surface area contributed by atoms with Crippen LogP contribution in [0.1, 0.15) is 41.7 Å². The topological polar surface area (TPSA) is 125 Å². The van der Waals surface area contributed by atoms with Crippen molar-refractivity contribution < 1.29 is 33.8 Å². The van der Waals surface area contributed by atoms with Crippen LogP contribution in [0.4, 0.5) is 5.69 Å². The van der Waals surface area contributed by atoms with Crippen LogP contribution in [0.15, 0.2) is 103 Å². The fraction of sp³-hybridized carbons (Fsp3) is 0.333. The standard InChI is InChI=1S/C39H38ClN3O7/c1-24-12-10-17-27(40)34(24)42-21-11-20-39-33(36(46)43(35(39)37(42)47)28(23-44)25-13-4-2-5-14-25)32-29(50-39)18-8-9-19-31(45)41-22-30(49-38(32)48)26-15-6-3-7-16-26/h2-8,10-18,20,28-30,32-33,35,44H,9,19,21-23H2,1H3,(H,41,45)/b18-8-/t28-,29-,30+,32+,33+,35-,39+/m1/s1. The van der Waals surface area contributed by atoms with Gasteiger partial charge in [-0.25, -0.2) is 0 Å². The number of nitrogens with zero attached hydrogens (tertiary/aromatic N) is 2. The number of hydrogen-bond donors (Lipinski definition) is 2. The number of likely N-dealkylation sites (tertiary alicyclic amines) is 1. The molecule has 3 aromatic carbocycles. The lowest BCUT2D eigenvalue weighted by Crippen LogP contribution is -2.56. The van der Waals surface area contributed by atoms with Gasteiger partial charge in [0.15, 0.2) is 0 Å². The quantitative estimate of drug-likeness (QED) is 0.295. The number of nitrogens with one attached hydrogen (secondary N) is 1. The van der Waals surface area contributed by atoms with Crippen LogP contribution in [0.2, 0.25) is 5.02 Å². The van der Waals surface area contributed by atoms with Crippen LogP contribution < -0.4 is 10.2 Å². The minimum Gasteiger partial charge on any atom is -0.455 e. The summed E-state index contributed by atoms with van der Waals surface area (Å²) in [6, 6.07) is 21.3. The third-order valence-corrected chi connectivity index (χ3v) is 10.4. The molecule has 2 N–H and O–H groups in total. The maximum absolute atomic E-state index is 15.1. The van der Waals surface area contributed by atoms with Crippen molar-refractivity contribution in [1.29, 1.82) is 0 Å². The van der Waals surface area contributed by atoms with Gasteiger partial charge in [0, 0.05) is 13.0 Å². The molecular formula is C39H38ClN3O7. The van der Waals surface area contributed by atoms with Gasteiger partial charge in [0.1, 0.15) is 23.7 Å². The van der Waals surface area contributed by atoms with Crippen molar-refractivity contribution in [1.82, 2.24) is 10.2 Å². The highest BCUT2D eigenvalue weighted by Gasteiger charge is 2.72. The Morgan fingerprint density at radius 2 is 1.70 bits per heavy atom. The number of halogens is 1. The number of para-hydroxylation sites is 1. The number of aliphatic hydroxyl groups excluding tert-OH is 1. The van der Waals surface area contributed by atoms with Crippen molar-refractivity contribution >= 4 is 41.0 Å². The monoisotopic (exact) mass is 695 g/mol. The minimum atomic E-state index is -1.60. The number of aliphatic hydroxyl groups is 1. The van der Waals surface area contributed by atoms with Gasteiger partial charge in [-0.05, 0) is 36.1 Å². The molecule has 2 saturated heterocycles. The Kier molecular flexibility index (Phi) is 9.34. The lowest BCUT2D eigenvalue weighted by atomic mass is 9.77. The zero-order valence-electron chi connectivity index (χ0n) is 27.5. The van der Waals surface area contributed by atoms with Crippen LogP contribution >= 0.6 is 11.6 Å². The van der Waals surface area contributed by atoms with Crippen LogP contribution in [0.3, 0.4) is 0 Å². The van der Waals surface area contributed by atoms with E-state index in [1.807, 2.05) is 49.4 Å². The SMILES string of the molecule is Cc1cccc(Cl)c1N1CC=C[C@]23O[C@@H]4/C=C\CCC(=O)NC[C@@H](c5ccccc5)OC(=O)[C@@H]4[C@H]2C(=O)N([C@H](CO)c2ccccc2)[C@@H]3C1=O. The average molecular weight is 696 g/mol. The molecule has 50 heavy (non-hydrogen) atoms. The van der Waals surface area contributed by atoms with E-state index in [4.69, 9.17) is 21.1 Å². The number of aryl methyl sites for hydroxylation is 1. The van der Waals surface area contributed by atoms with E-state index in [2.05, 4.69) is 5.32 Å². The van der Waals surface area contributed by atoms with Gasteiger partial charge >= 0.3 is 5.97 Å². The average Bonchev–Trinajstić information content (AvgIpc) is 3.51. The Hall–Kier alpha value is -4.77. The van der Waals surface area contributed by atoms with Crippen LogP contribution in [-0.4, -0.2) is 71.1 Å². The summed E-state index contributed by atoms with van der Waals surface area (Å²) in [5.41, 5.74) is 0.965. The third-order valence-electron chi connectivity index (χ3n) is 10.1. The van der Waals surface area contributed by atoms with Crippen molar-refractivity contribution in [3.8, 4) is 0 Å². The van der Waals surface area contributed by atoms with E-state index in [0.29, 0.717) is 28.3 Å². The molecule has 10 nitrogen and oxygen atoms in total. The summed E-state index contributed by atoms with van der Waals surface area (Å²) in [5.74, 6) is -4.17. The minimum absolute atomic E-state index is 0.0418. The first kappa shape index (κ1) is 33.7. The summed E-state index contributed by atoms with van der Waals surface area (Å²) in [6.07, 6.45) is 5.76. The first-order valence-corrected chi connectivity index (χ1v) is 17.2. The van der Waals surface area contributed by atoms with Crippen LogP contribution in [0.25, 0.3) is 0 Å². The highest BCUT2D eigenvalue weighted by atomic mass is 35.5. The predicted molar refractivity (Wildman–Crippen MR) is 186 cm³/mol. The number of anilines is 1. The maximum Gasteiger partial charge on any atom is 0.313 e. The molecule has 0 saturated carbocycles. The Labute approximate surface area is 295 Å². The number of carbonyl (C=O) groups is 4. The zero-order chi connectivity index (χ0) is 35.0. The van der Waals surface area contributed by atoms with Gasteiger partial charge in [-0.2, -0.15) is 0 Å². The van der Waals surface area contributed by atoms with E-state index in [1.165, 1.54) is 4.90 Å². The number of benzene rings is 3. The summed E-state index contributed by atoms with van der Waals surface area (Å²) in [6.45, 7) is 1.55. The molecule has 0 aromatic heterocycles. The molecule has 0 radical (unpaired) electrons. The van der Waals surface area contributed by atoms with Gasteiger partial charge in [0.2, 0.25) is 11.8 Å². The predicted octanol–water partition coefficient (Wildman–Crippen LogP) is 4.62. The molecule has 1 spiro atoms. The number of hydrogen-bond acceptors (Lipinski definition) is 7. The van der Waals surface area contributed by atoms with Gasteiger partial charge in [0.05, 0.1) is 41.9 Å². The highest BCUT2D eigenvalue weighted by molar-refractivity contribution is 6.34.